The highest BCUT2D eigenvalue weighted by Gasteiger charge is 2.44. The molecule has 0 radical (unpaired) electrons. The number of allylic oxidation sites excluding steroid dienone is 2. The highest BCUT2D eigenvalue weighted by Crippen LogP contribution is 2.41. The summed E-state index contributed by atoms with van der Waals surface area (Å²) >= 11 is 0. The molecule has 2 heterocycles. The summed E-state index contributed by atoms with van der Waals surface area (Å²) < 4.78 is 5.51. The van der Waals surface area contributed by atoms with E-state index in [1.807, 2.05) is 51.1 Å². The first kappa shape index (κ1) is 32.4. The zero-order valence-electron chi connectivity index (χ0n) is 25.8. The number of ether oxygens (including phenoxy) is 1. The van der Waals surface area contributed by atoms with Crippen LogP contribution < -0.4 is 5.32 Å². The number of piperidine rings is 1. The van der Waals surface area contributed by atoms with Gasteiger partial charge in [-0.1, -0.05) is 42.5 Å². The highest BCUT2D eigenvalue weighted by atomic mass is 16.6. The number of nitrogens with one attached hydrogen (secondary N) is 1. The molecule has 1 N–H and O–H groups in total. The topological polar surface area (TPSA) is 125 Å². The molecule has 1 atom stereocenters. The molecule has 2 aliphatic heterocycles. The minimum absolute atomic E-state index is 0.0380. The van der Waals surface area contributed by atoms with Gasteiger partial charge < -0.3 is 24.8 Å². The van der Waals surface area contributed by atoms with Gasteiger partial charge in [-0.2, -0.15) is 0 Å². The Bertz CT molecular complexity index is 1410. The van der Waals surface area contributed by atoms with E-state index in [0.717, 1.165) is 48.6 Å². The molecule has 0 saturated carbocycles. The summed E-state index contributed by atoms with van der Waals surface area (Å²) in [5, 5.41) is 14.6. The van der Waals surface area contributed by atoms with Crippen molar-refractivity contribution < 1.29 is 24.0 Å². The lowest BCUT2D eigenvalue weighted by Crippen LogP contribution is -2.48. The van der Waals surface area contributed by atoms with Gasteiger partial charge in [0.2, 0.25) is 12.8 Å². The van der Waals surface area contributed by atoms with E-state index in [1.165, 1.54) is 17.0 Å². The molecule has 2 aromatic carbocycles. The summed E-state index contributed by atoms with van der Waals surface area (Å²) in [7, 11) is 1.65. The quantitative estimate of drug-likeness (QED) is 0.156. The lowest BCUT2D eigenvalue weighted by atomic mass is 9.72. The number of carbonyl (C=O) groups excluding carboxylic acids is 3. The summed E-state index contributed by atoms with van der Waals surface area (Å²) in [5.41, 5.74) is 3.88. The smallest absolute Gasteiger partial charge is 0.316 e. The van der Waals surface area contributed by atoms with E-state index in [2.05, 4.69) is 10.2 Å². The molecule has 11 heteroatoms. The fourth-order valence-corrected chi connectivity index (χ4v) is 6.47. The number of hydrogen-bond donors (Lipinski definition) is 1. The van der Waals surface area contributed by atoms with E-state index in [9.17, 15) is 24.5 Å². The van der Waals surface area contributed by atoms with Crippen molar-refractivity contribution >= 4 is 24.5 Å². The Kier molecular flexibility index (Phi) is 10.5. The third-order valence-electron chi connectivity index (χ3n) is 8.68. The van der Waals surface area contributed by atoms with Crippen LogP contribution in [0.3, 0.4) is 0 Å². The first-order valence-electron chi connectivity index (χ1n) is 14.9. The molecule has 2 aromatic rings. The molecule has 1 fully saturated rings. The number of likely N-dealkylation sites (N-methyl/N-ethyl adjacent to an activating group) is 1. The van der Waals surface area contributed by atoms with Crippen molar-refractivity contribution in [1.82, 2.24) is 20.0 Å². The maximum Gasteiger partial charge on any atom is 0.316 e. The second kappa shape index (κ2) is 14.3. The monoisotopic (exact) mass is 603 g/mol. The SMILES string of the molecule is CCOC(=O)C1(c2ccccc2)CCN(CCCN(C=O)C2=C(C)NC(C)=C(N(C)C=O)C2c2ccc([N+](=O)[O-])cc2)CC1. The van der Waals surface area contributed by atoms with Crippen LogP contribution in [0.25, 0.3) is 0 Å². The number of non-ortho nitro benzene ring substituents is 1. The van der Waals surface area contributed by atoms with Gasteiger partial charge in [-0.3, -0.25) is 24.5 Å². The van der Waals surface area contributed by atoms with Gasteiger partial charge in [0, 0.05) is 37.1 Å². The maximum absolute atomic E-state index is 13.1. The lowest BCUT2D eigenvalue weighted by Gasteiger charge is -2.41. The zero-order valence-corrected chi connectivity index (χ0v) is 25.8. The van der Waals surface area contributed by atoms with Gasteiger partial charge in [0.25, 0.3) is 5.69 Å². The molecule has 2 aliphatic rings. The van der Waals surface area contributed by atoms with Crippen LogP contribution in [0.2, 0.25) is 0 Å². The third-order valence-corrected chi connectivity index (χ3v) is 8.68. The summed E-state index contributed by atoms with van der Waals surface area (Å²) in [6.45, 7) is 8.51. The molecular formula is C33H41N5O6. The van der Waals surface area contributed by atoms with Crippen LogP contribution in [0, 0.1) is 10.1 Å². The fourth-order valence-electron chi connectivity index (χ4n) is 6.47. The molecule has 234 valence electrons. The van der Waals surface area contributed by atoms with E-state index in [4.69, 9.17) is 4.74 Å². The number of rotatable bonds is 13. The molecule has 2 amide bonds. The lowest BCUT2D eigenvalue weighted by molar-refractivity contribution is -0.384. The van der Waals surface area contributed by atoms with Gasteiger partial charge in [0.1, 0.15) is 0 Å². The Balaban J connectivity index is 1.50. The van der Waals surface area contributed by atoms with Gasteiger partial charge in [0.15, 0.2) is 0 Å². The zero-order chi connectivity index (χ0) is 31.9. The summed E-state index contributed by atoms with van der Waals surface area (Å²) in [6.07, 6.45) is 3.49. The maximum atomic E-state index is 13.1. The van der Waals surface area contributed by atoms with Crippen LogP contribution in [0.5, 0.6) is 0 Å². The van der Waals surface area contributed by atoms with Crippen LogP contribution in [0.1, 0.15) is 57.1 Å². The van der Waals surface area contributed by atoms with E-state index >= 15 is 0 Å². The van der Waals surface area contributed by atoms with E-state index < -0.39 is 16.3 Å². The van der Waals surface area contributed by atoms with Gasteiger partial charge in [-0.15, -0.1) is 0 Å². The number of carbonyl (C=O) groups is 3. The minimum atomic E-state index is -0.665. The summed E-state index contributed by atoms with van der Waals surface area (Å²) in [4.78, 5) is 53.9. The Hall–Kier alpha value is -4.51. The molecule has 0 bridgehead atoms. The number of nitro benzene ring substituents is 1. The Labute approximate surface area is 258 Å². The minimum Gasteiger partial charge on any atom is -0.465 e. The van der Waals surface area contributed by atoms with E-state index in [0.29, 0.717) is 50.2 Å². The number of benzene rings is 2. The Morgan fingerprint density at radius 1 is 1.05 bits per heavy atom. The number of hydrogen-bond acceptors (Lipinski definition) is 8. The van der Waals surface area contributed by atoms with Crippen molar-refractivity contribution in [3.63, 3.8) is 0 Å². The Morgan fingerprint density at radius 3 is 2.25 bits per heavy atom. The predicted octanol–water partition coefficient (Wildman–Crippen LogP) is 4.28. The number of esters is 1. The van der Waals surface area contributed by atoms with E-state index in [-0.39, 0.29) is 11.7 Å². The van der Waals surface area contributed by atoms with Gasteiger partial charge in [0.05, 0.1) is 34.3 Å². The molecule has 1 saturated heterocycles. The van der Waals surface area contributed by atoms with Crippen molar-refractivity contribution in [3.8, 4) is 0 Å². The van der Waals surface area contributed by atoms with Crippen molar-refractivity contribution in [1.29, 1.82) is 0 Å². The number of amides is 2. The molecule has 11 nitrogen and oxygen atoms in total. The van der Waals surface area contributed by atoms with Crippen molar-refractivity contribution in [2.24, 2.45) is 0 Å². The predicted molar refractivity (Wildman–Crippen MR) is 166 cm³/mol. The van der Waals surface area contributed by atoms with Crippen molar-refractivity contribution in [3.05, 3.63) is 98.6 Å². The molecular weight excluding hydrogens is 562 g/mol. The first-order chi connectivity index (χ1) is 21.2. The van der Waals surface area contributed by atoms with Gasteiger partial charge in [-0.25, -0.2) is 0 Å². The average Bonchev–Trinajstić information content (AvgIpc) is 3.03. The normalized spacial score (nSPS) is 18.3. The number of dihydropyridines is 1. The van der Waals surface area contributed by atoms with Crippen molar-refractivity contribution in [2.75, 3.05) is 39.8 Å². The Morgan fingerprint density at radius 2 is 1.68 bits per heavy atom. The molecule has 0 aliphatic carbocycles. The highest BCUT2D eigenvalue weighted by molar-refractivity contribution is 5.83. The average molecular weight is 604 g/mol. The fraction of sp³-hybridized carbons (Fsp3) is 0.424. The number of likely N-dealkylation sites (tertiary alicyclic amines) is 1. The van der Waals surface area contributed by atoms with Crippen LogP contribution in [-0.4, -0.2) is 78.2 Å². The molecule has 4 rings (SSSR count). The van der Waals surface area contributed by atoms with Crippen molar-refractivity contribution in [2.45, 2.75) is 51.4 Å². The van der Waals surface area contributed by atoms with Gasteiger partial charge >= 0.3 is 5.97 Å². The molecule has 0 spiro atoms. The first-order valence-corrected chi connectivity index (χ1v) is 14.9. The van der Waals surface area contributed by atoms with Crippen LogP contribution >= 0.6 is 0 Å². The number of nitrogens with zero attached hydrogens (tertiary/aromatic N) is 4. The second-order valence-corrected chi connectivity index (χ2v) is 11.3. The van der Waals surface area contributed by atoms with E-state index in [1.54, 1.807) is 24.1 Å². The molecule has 0 aromatic heterocycles. The molecule has 44 heavy (non-hydrogen) atoms. The largest absolute Gasteiger partial charge is 0.465 e. The molecule has 1 unspecified atom stereocenters. The summed E-state index contributed by atoms with van der Waals surface area (Å²) in [6, 6.07) is 16.1. The van der Waals surface area contributed by atoms with Crippen LogP contribution in [0.15, 0.2) is 77.4 Å². The van der Waals surface area contributed by atoms with Crippen LogP contribution in [0.4, 0.5) is 5.69 Å². The second-order valence-electron chi connectivity index (χ2n) is 11.3. The van der Waals surface area contributed by atoms with Crippen LogP contribution in [-0.2, 0) is 24.5 Å². The third kappa shape index (κ3) is 6.67. The summed E-state index contributed by atoms with van der Waals surface area (Å²) in [5.74, 6) is -0.676. The number of nitro groups is 1. The van der Waals surface area contributed by atoms with Gasteiger partial charge in [-0.05, 0) is 70.8 Å². The standard InChI is InChI=1S/C33H41N5O6/c1-5-44-32(41)33(27-10-7-6-8-11-27)16-20-36(21-17-33)18-9-19-37(23-40)31-25(3)34-24(2)30(35(4)22-39)29(31)26-12-14-28(15-13-26)38(42)43/h6-8,10-15,22-23,29,34H,5,9,16-21H2,1-4H3.